The Balaban J connectivity index is 3.10. The maximum Gasteiger partial charge on any atom is 0.308 e. The third-order valence-corrected chi connectivity index (χ3v) is 3.25. The lowest BCUT2D eigenvalue weighted by atomic mass is 9.93. The summed E-state index contributed by atoms with van der Waals surface area (Å²) in [7, 11) is 3.42. The molecule has 0 heterocycles. The molecule has 0 saturated heterocycles. The molecule has 0 aromatic heterocycles. The monoisotopic (exact) mass is 251 g/mol. The molecule has 0 spiro atoms. The van der Waals surface area contributed by atoms with E-state index < -0.39 is 11.9 Å². The third-order valence-electron chi connectivity index (χ3n) is 3.25. The minimum atomic E-state index is -0.803. The fourth-order valence-electron chi connectivity index (χ4n) is 2.12. The standard InChI is InChI=1S/C14H21NO3/c1-5-10-8-11(6-7-12(10)18-4)13(15-3)9(2)14(16)17/h6-9,13,15H,5H2,1-4H3,(H,16,17). The Morgan fingerprint density at radius 2 is 2.17 bits per heavy atom. The predicted molar refractivity (Wildman–Crippen MR) is 71.0 cm³/mol. The quantitative estimate of drug-likeness (QED) is 0.814. The van der Waals surface area contributed by atoms with Crippen molar-refractivity contribution in [2.24, 2.45) is 5.92 Å². The Labute approximate surface area is 108 Å². The first kappa shape index (κ1) is 14.5. The Hall–Kier alpha value is -1.55. The number of aryl methyl sites for hydroxylation is 1. The van der Waals surface area contributed by atoms with Gasteiger partial charge in [0.2, 0.25) is 0 Å². The first-order valence-corrected chi connectivity index (χ1v) is 6.12. The van der Waals surface area contributed by atoms with E-state index in [0.717, 1.165) is 23.3 Å². The lowest BCUT2D eigenvalue weighted by Gasteiger charge is -2.22. The van der Waals surface area contributed by atoms with Crippen molar-refractivity contribution < 1.29 is 14.6 Å². The van der Waals surface area contributed by atoms with Crippen molar-refractivity contribution in [3.63, 3.8) is 0 Å². The normalized spacial score (nSPS) is 14.0. The van der Waals surface area contributed by atoms with Crippen LogP contribution in [0, 0.1) is 5.92 Å². The average Bonchev–Trinajstić information content (AvgIpc) is 2.39. The molecule has 0 bridgehead atoms. The van der Waals surface area contributed by atoms with Crippen molar-refractivity contribution in [1.82, 2.24) is 5.32 Å². The second kappa shape index (κ2) is 6.40. The Kier molecular flexibility index (Phi) is 5.16. The van der Waals surface area contributed by atoms with Gasteiger partial charge in [0.1, 0.15) is 5.75 Å². The van der Waals surface area contributed by atoms with Crippen molar-refractivity contribution in [3.05, 3.63) is 29.3 Å². The third kappa shape index (κ3) is 3.01. The summed E-state index contributed by atoms with van der Waals surface area (Å²) in [6.45, 7) is 3.76. The van der Waals surface area contributed by atoms with Crippen LogP contribution in [0.4, 0.5) is 0 Å². The van der Waals surface area contributed by atoms with Crippen LogP contribution < -0.4 is 10.1 Å². The molecule has 18 heavy (non-hydrogen) atoms. The largest absolute Gasteiger partial charge is 0.496 e. The molecule has 100 valence electrons. The number of ether oxygens (including phenoxy) is 1. The molecule has 0 aliphatic carbocycles. The van der Waals surface area contributed by atoms with E-state index in [9.17, 15) is 4.79 Å². The number of nitrogens with one attached hydrogen (secondary N) is 1. The van der Waals surface area contributed by atoms with Gasteiger partial charge in [0.05, 0.1) is 13.0 Å². The zero-order valence-corrected chi connectivity index (χ0v) is 11.4. The number of rotatable bonds is 6. The van der Waals surface area contributed by atoms with E-state index in [4.69, 9.17) is 9.84 Å². The average molecular weight is 251 g/mol. The highest BCUT2D eigenvalue weighted by atomic mass is 16.5. The molecule has 2 N–H and O–H groups in total. The highest BCUT2D eigenvalue weighted by molar-refractivity contribution is 5.70. The number of hydrogen-bond acceptors (Lipinski definition) is 3. The molecule has 0 aliphatic rings. The molecule has 2 unspecified atom stereocenters. The molecule has 1 rings (SSSR count). The number of carbonyl (C=O) groups is 1. The van der Waals surface area contributed by atoms with Crippen LogP contribution in [0.15, 0.2) is 18.2 Å². The summed E-state index contributed by atoms with van der Waals surface area (Å²) in [4.78, 5) is 11.1. The van der Waals surface area contributed by atoms with Gasteiger partial charge in [-0.05, 0) is 30.7 Å². The van der Waals surface area contributed by atoms with Crippen LogP contribution >= 0.6 is 0 Å². The Morgan fingerprint density at radius 1 is 1.50 bits per heavy atom. The first-order chi connectivity index (χ1) is 8.54. The molecule has 0 radical (unpaired) electrons. The maximum absolute atomic E-state index is 11.1. The Morgan fingerprint density at radius 3 is 2.61 bits per heavy atom. The van der Waals surface area contributed by atoms with Gasteiger partial charge in [-0.2, -0.15) is 0 Å². The zero-order valence-electron chi connectivity index (χ0n) is 11.4. The molecule has 0 saturated carbocycles. The van der Waals surface area contributed by atoms with Gasteiger partial charge in [-0.15, -0.1) is 0 Å². The lowest BCUT2D eigenvalue weighted by molar-refractivity contribution is -0.142. The number of benzene rings is 1. The molecule has 1 aromatic rings. The second-order valence-electron chi connectivity index (χ2n) is 4.32. The van der Waals surface area contributed by atoms with Crippen molar-refractivity contribution in [2.45, 2.75) is 26.3 Å². The van der Waals surface area contributed by atoms with Crippen LogP contribution in [0.5, 0.6) is 5.75 Å². The highest BCUT2D eigenvalue weighted by Gasteiger charge is 2.24. The maximum atomic E-state index is 11.1. The summed E-state index contributed by atoms with van der Waals surface area (Å²) in [5.41, 5.74) is 2.07. The minimum Gasteiger partial charge on any atom is -0.496 e. The number of carboxylic acid groups (broad SMARTS) is 1. The van der Waals surface area contributed by atoms with E-state index >= 15 is 0 Å². The summed E-state index contributed by atoms with van der Waals surface area (Å²) in [5.74, 6) is -0.435. The van der Waals surface area contributed by atoms with Crippen LogP contribution in [0.2, 0.25) is 0 Å². The van der Waals surface area contributed by atoms with Gasteiger partial charge in [-0.25, -0.2) is 0 Å². The fourth-order valence-corrected chi connectivity index (χ4v) is 2.12. The van der Waals surface area contributed by atoms with Crippen molar-refractivity contribution in [3.8, 4) is 5.75 Å². The SMILES string of the molecule is CCc1cc(C(NC)C(C)C(=O)O)ccc1OC. The van der Waals surface area contributed by atoms with Crippen molar-refractivity contribution >= 4 is 5.97 Å². The topological polar surface area (TPSA) is 58.6 Å². The van der Waals surface area contributed by atoms with Crippen LogP contribution in [-0.4, -0.2) is 25.2 Å². The molecular formula is C14H21NO3. The van der Waals surface area contributed by atoms with E-state index in [0.29, 0.717) is 0 Å². The summed E-state index contributed by atoms with van der Waals surface area (Å²) >= 11 is 0. The minimum absolute atomic E-state index is 0.196. The van der Waals surface area contributed by atoms with Gasteiger partial charge in [-0.3, -0.25) is 4.79 Å². The molecule has 4 nitrogen and oxygen atoms in total. The summed E-state index contributed by atoms with van der Waals surface area (Å²) < 4.78 is 5.28. The van der Waals surface area contributed by atoms with Gasteiger partial charge in [0.25, 0.3) is 0 Å². The van der Waals surface area contributed by atoms with Gasteiger partial charge < -0.3 is 15.2 Å². The van der Waals surface area contributed by atoms with Gasteiger partial charge in [-0.1, -0.05) is 26.0 Å². The van der Waals surface area contributed by atoms with Crippen LogP contribution in [0.25, 0.3) is 0 Å². The number of aliphatic carboxylic acids is 1. The lowest BCUT2D eigenvalue weighted by Crippen LogP contribution is -2.28. The van der Waals surface area contributed by atoms with Crippen LogP contribution in [0.3, 0.4) is 0 Å². The van der Waals surface area contributed by atoms with E-state index in [1.165, 1.54) is 0 Å². The smallest absolute Gasteiger partial charge is 0.308 e. The van der Waals surface area contributed by atoms with E-state index in [1.807, 2.05) is 18.2 Å². The van der Waals surface area contributed by atoms with Gasteiger partial charge in [0.15, 0.2) is 0 Å². The van der Waals surface area contributed by atoms with Gasteiger partial charge >= 0.3 is 5.97 Å². The molecule has 0 fully saturated rings. The van der Waals surface area contributed by atoms with E-state index in [2.05, 4.69) is 12.2 Å². The molecule has 2 atom stereocenters. The van der Waals surface area contributed by atoms with Crippen molar-refractivity contribution in [1.29, 1.82) is 0 Å². The van der Waals surface area contributed by atoms with Gasteiger partial charge in [0, 0.05) is 6.04 Å². The summed E-state index contributed by atoms with van der Waals surface area (Å²) in [5, 5.41) is 12.2. The number of hydrogen-bond donors (Lipinski definition) is 2. The van der Waals surface area contributed by atoms with E-state index in [1.54, 1.807) is 21.1 Å². The molecule has 0 aliphatic heterocycles. The predicted octanol–water partition coefficient (Wildman–Crippen LogP) is 2.24. The molecular weight excluding hydrogens is 230 g/mol. The Bertz CT molecular complexity index is 418. The van der Waals surface area contributed by atoms with E-state index in [-0.39, 0.29) is 6.04 Å². The number of methoxy groups -OCH3 is 1. The molecule has 0 amide bonds. The molecule has 1 aromatic carbocycles. The van der Waals surface area contributed by atoms with Crippen molar-refractivity contribution in [2.75, 3.05) is 14.2 Å². The zero-order chi connectivity index (χ0) is 13.7. The second-order valence-corrected chi connectivity index (χ2v) is 4.32. The first-order valence-electron chi connectivity index (χ1n) is 6.12. The van der Waals surface area contributed by atoms with Crippen LogP contribution in [0.1, 0.15) is 31.0 Å². The fraction of sp³-hybridized carbons (Fsp3) is 0.500. The van der Waals surface area contributed by atoms with Crippen LogP contribution in [-0.2, 0) is 11.2 Å². The molecule has 4 heteroatoms. The number of carboxylic acids is 1. The highest BCUT2D eigenvalue weighted by Crippen LogP contribution is 2.27. The summed E-state index contributed by atoms with van der Waals surface area (Å²) in [6, 6.07) is 5.63. The summed E-state index contributed by atoms with van der Waals surface area (Å²) in [6.07, 6.45) is 0.856.